The van der Waals surface area contributed by atoms with Gasteiger partial charge in [-0.1, -0.05) is 53.2 Å². The molecule has 0 saturated carbocycles. The summed E-state index contributed by atoms with van der Waals surface area (Å²) in [4.78, 5) is 26.3. The number of carbonyl (C=O) groups excluding carboxylic acids is 1. The Bertz CT molecular complexity index is 992. The predicted octanol–water partition coefficient (Wildman–Crippen LogP) is 5.26. The smallest absolute Gasteiger partial charge is 0.303 e. The summed E-state index contributed by atoms with van der Waals surface area (Å²) in [6, 6.07) is 11.1. The summed E-state index contributed by atoms with van der Waals surface area (Å²) in [6.07, 6.45) is 3.64. The molecule has 0 spiro atoms. The molecular weight excluding hydrogens is 473 g/mol. The van der Waals surface area contributed by atoms with Gasteiger partial charge in [-0.3, -0.25) is 9.59 Å². The van der Waals surface area contributed by atoms with Gasteiger partial charge in [0.1, 0.15) is 5.75 Å². The predicted molar refractivity (Wildman–Crippen MR) is 126 cm³/mol. The minimum Gasteiger partial charge on any atom is -0.492 e. The van der Waals surface area contributed by atoms with Crippen molar-refractivity contribution in [1.29, 1.82) is 0 Å². The van der Waals surface area contributed by atoms with Crippen molar-refractivity contribution in [3.63, 3.8) is 0 Å². The van der Waals surface area contributed by atoms with Crippen LogP contribution in [0.1, 0.15) is 18.4 Å². The first-order chi connectivity index (χ1) is 15.5. The Labute approximate surface area is 201 Å². The van der Waals surface area contributed by atoms with E-state index in [1.165, 1.54) is 17.8 Å². The Morgan fingerprint density at radius 2 is 1.84 bits per heavy atom. The lowest BCUT2D eigenvalue weighted by molar-refractivity contribution is -0.137. The van der Waals surface area contributed by atoms with E-state index in [2.05, 4.69) is 0 Å². The zero-order valence-corrected chi connectivity index (χ0v) is 19.6. The molecule has 0 bridgehead atoms. The molecule has 3 rings (SSSR count). The highest BCUT2D eigenvalue weighted by atomic mass is 35.5. The van der Waals surface area contributed by atoms with Gasteiger partial charge >= 0.3 is 5.97 Å². The van der Waals surface area contributed by atoms with Crippen molar-refractivity contribution in [2.24, 2.45) is 0 Å². The molecule has 0 aromatic heterocycles. The van der Waals surface area contributed by atoms with E-state index in [4.69, 9.17) is 37.8 Å². The van der Waals surface area contributed by atoms with Crippen LogP contribution in [-0.2, 0) is 14.3 Å². The summed E-state index contributed by atoms with van der Waals surface area (Å²) >= 11 is 14.4. The molecule has 0 atom stereocenters. The highest BCUT2D eigenvalue weighted by Crippen LogP contribution is 2.42. The molecule has 0 unspecified atom stereocenters. The number of rotatable bonds is 9. The van der Waals surface area contributed by atoms with Gasteiger partial charge in [0, 0.05) is 30.5 Å². The number of carboxylic acids is 1. The Hall–Kier alpha value is -2.19. The van der Waals surface area contributed by atoms with Crippen LogP contribution in [0.4, 0.5) is 0 Å². The highest BCUT2D eigenvalue weighted by Gasteiger charge is 2.16. The average Bonchev–Trinajstić information content (AvgIpc) is 2.80. The first kappa shape index (κ1) is 24.5. The maximum atomic E-state index is 12.3. The summed E-state index contributed by atoms with van der Waals surface area (Å²) in [5.74, 6) is -0.290. The molecule has 1 heterocycles. The van der Waals surface area contributed by atoms with Gasteiger partial charge in [0.15, 0.2) is 0 Å². The third kappa shape index (κ3) is 6.90. The van der Waals surface area contributed by atoms with Gasteiger partial charge in [0.05, 0.1) is 34.8 Å². The normalized spacial score (nSPS) is 14.0. The van der Waals surface area contributed by atoms with Gasteiger partial charge in [-0.05, 0) is 36.3 Å². The van der Waals surface area contributed by atoms with Crippen molar-refractivity contribution in [3.8, 4) is 5.75 Å². The molecule has 2 aromatic rings. The number of benzene rings is 2. The monoisotopic (exact) mass is 495 g/mol. The Balaban J connectivity index is 1.68. The first-order valence-electron chi connectivity index (χ1n) is 10.1. The molecule has 1 fully saturated rings. The number of amides is 1. The summed E-state index contributed by atoms with van der Waals surface area (Å²) in [7, 11) is 0. The molecule has 6 nitrogen and oxygen atoms in total. The summed E-state index contributed by atoms with van der Waals surface area (Å²) < 4.78 is 11.0. The van der Waals surface area contributed by atoms with Crippen LogP contribution in [0.5, 0.6) is 5.75 Å². The van der Waals surface area contributed by atoms with Crippen LogP contribution in [0.15, 0.2) is 52.3 Å². The average molecular weight is 496 g/mol. The van der Waals surface area contributed by atoms with Gasteiger partial charge in [-0.25, -0.2) is 0 Å². The van der Waals surface area contributed by atoms with Crippen molar-refractivity contribution in [1.82, 2.24) is 4.90 Å². The number of aliphatic carboxylic acids is 1. The number of hydrogen-bond donors (Lipinski definition) is 1. The third-order valence-corrected chi connectivity index (χ3v) is 6.79. The minimum atomic E-state index is -0.849. The lowest BCUT2D eigenvalue weighted by Gasteiger charge is -2.25. The zero-order chi connectivity index (χ0) is 22.9. The van der Waals surface area contributed by atoms with Gasteiger partial charge in [0.2, 0.25) is 5.91 Å². The molecular formula is C23H23Cl2NO5S. The van der Waals surface area contributed by atoms with Crippen molar-refractivity contribution in [2.45, 2.75) is 22.6 Å². The number of ether oxygens (including phenoxy) is 2. The van der Waals surface area contributed by atoms with Crippen LogP contribution in [0.2, 0.25) is 10.0 Å². The molecule has 0 radical (unpaired) electrons. The van der Waals surface area contributed by atoms with Crippen LogP contribution >= 0.6 is 35.0 Å². The second kappa shape index (κ2) is 12.2. The quantitative estimate of drug-likeness (QED) is 0.377. The van der Waals surface area contributed by atoms with E-state index < -0.39 is 5.97 Å². The lowest BCUT2D eigenvalue weighted by Crippen LogP contribution is -2.39. The fraction of sp³-hybridized carbons (Fsp3) is 0.304. The molecule has 9 heteroatoms. The number of carbonyl (C=O) groups is 2. The molecule has 170 valence electrons. The Morgan fingerprint density at radius 1 is 1.09 bits per heavy atom. The van der Waals surface area contributed by atoms with Gasteiger partial charge in [-0.2, -0.15) is 0 Å². The van der Waals surface area contributed by atoms with E-state index >= 15 is 0 Å². The van der Waals surface area contributed by atoms with Crippen molar-refractivity contribution in [3.05, 3.63) is 58.1 Å². The van der Waals surface area contributed by atoms with Crippen molar-refractivity contribution >= 4 is 52.9 Å². The van der Waals surface area contributed by atoms with E-state index in [1.807, 2.05) is 36.4 Å². The molecule has 1 saturated heterocycles. The fourth-order valence-corrected chi connectivity index (χ4v) is 4.49. The van der Waals surface area contributed by atoms with Gasteiger partial charge < -0.3 is 19.5 Å². The van der Waals surface area contributed by atoms with Crippen LogP contribution in [0, 0.1) is 0 Å². The Morgan fingerprint density at radius 3 is 2.59 bits per heavy atom. The van der Waals surface area contributed by atoms with E-state index in [-0.39, 0.29) is 12.3 Å². The van der Waals surface area contributed by atoms with Gasteiger partial charge in [-0.15, -0.1) is 0 Å². The third-order valence-electron chi connectivity index (χ3n) is 4.67. The lowest BCUT2D eigenvalue weighted by atomic mass is 10.2. The summed E-state index contributed by atoms with van der Waals surface area (Å²) in [5, 5.41) is 9.51. The number of morpholine rings is 1. The molecule has 0 aliphatic carbocycles. The highest BCUT2D eigenvalue weighted by molar-refractivity contribution is 7.99. The van der Waals surface area contributed by atoms with E-state index in [1.54, 1.807) is 11.0 Å². The number of para-hydroxylation sites is 1. The molecule has 2 aromatic carbocycles. The molecule has 32 heavy (non-hydrogen) atoms. The van der Waals surface area contributed by atoms with E-state index in [9.17, 15) is 9.59 Å². The Kier molecular flexibility index (Phi) is 9.29. The second-order valence-electron chi connectivity index (χ2n) is 6.95. The van der Waals surface area contributed by atoms with Crippen molar-refractivity contribution < 1.29 is 24.2 Å². The number of carboxylic acid groups (broad SMARTS) is 1. The summed E-state index contributed by atoms with van der Waals surface area (Å²) in [6.45, 7) is 2.54. The number of nitrogens with zero attached hydrogens (tertiary/aromatic N) is 1. The van der Waals surface area contributed by atoms with Crippen LogP contribution < -0.4 is 4.74 Å². The van der Waals surface area contributed by atoms with Crippen molar-refractivity contribution in [2.75, 3.05) is 32.9 Å². The largest absolute Gasteiger partial charge is 0.492 e. The first-order valence-corrected chi connectivity index (χ1v) is 11.7. The van der Waals surface area contributed by atoms with E-state index in [0.717, 1.165) is 9.79 Å². The summed E-state index contributed by atoms with van der Waals surface area (Å²) in [5.41, 5.74) is 0.654. The zero-order valence-electron chi connectivity index (χ0n) is 17.3. The minimum absolute atomic E-state index is 0.0553. The van der Waals surface area contributed by atoms with Crippen LogP contribution in [0.25, 0.3) is 6.08 Å². The topological polar surface area (TPSA) is 76.1 Å². The SMILES string of the molecule is O=C(O)CCCOc1ccccc1Sc1ccc(/C=C/C(=O)N2CCOCC2)c(Cl)c1Cl. The molecule has 1 amide bonds. The maximum absolute atomic E-state index is 12.3. The van der Waals surface area contributed by atoms with Gasteiger partial charge in [0.25, 0.3) is 0 Å². The van der Waals surface area contributed by atoms with Crippen LogP contribution in [0.3, 0.4) is 0 Å². The van der Waals surface area contributed by atoms with Crippen LogP contribution in [-0.4, -0.2) is 54.8 Å². The standard InChI is InChI=1S/C23H23Cl2NO5S/c24-22-16(8-10-20(27)26-11-14-30-15-12-26)7-9-19(23(22)25)32-18-5-2-1-4-17(18)31-13-3-6-21(28)29/h1-2,4-5,7-10H,3,6,11-15H2,(H,28,29)/b10-8+. The van der Waals surface area contributed by atoms with E-state index in [0.29, 0.717) is 60.7 Å². The molecule has 1 aliphatic heterocycles. The molecule has 1 aliphatic rings. The number of hydrogen-bond acceptors (Lipinski definition) is 5. The second-order valence-corrected chi connectivity index (χ2v) is 8.79. The number of halogens is 2. The molecule has 1 N–H and O–H groups in total. The maximum Gasteiger partial charge on any atom is 0.303 e. The fourth-order valence-electron chi connectivity index (χ4n) is 2.98.